The van der Waals surface area contributed by atoms with E-state index in [2.05, 4.69) is 20.3 Å². The molecular weight excluding hydrogens is 480 g/mol. The van der Waals surface area contributed by atoms with Crippen molar-refractivity contribution in [3.8, 4) is 9.88 Å². The van der Waals surface area contributed by atoms with E-state index in [1.807, 2.05) is 42.6 Å². The maximum atomic E-state index is 12.6. The van der Waals surface area contributed by atoms with Crippen molar-refractivity contribution in [3.63, 3.8) is 0 Å². The van der Waals surface area contributed by atoms with Gasteiger partial charge in [0.05, 0.1) is 21.3 Å². The largest absolute Gasteiger partial charge is 0.322 e. The van der Waals surface area contributed by atoms with E-state index in [4.69, 9.17) is 11.6 Å². The van der Waals surface area contributed by atoms with Crippen molar-refractivity contribution in [1.29, 1.82) is 0 Å². The predicted molar refractivity (Wildman–Crippen MR) is 133 cm³/mol. The van der Waals surface area contributed by atoms with E-state index in [1.54, 1.807) is 22.3 Å². The van der Waals surface area contributed by atoms with Gasteiger partial charge < -0.3 is 10.2 Å². The number of hydrogen-bond donors (Lipinski definition) is 1. The van der Waals surface area contributed by atoms with Gasteiger partial charge in [-0.25, -0.2) is 9.78 Å². The Hall–Kier alpha value is -2.79. The van der Waals surface area contributed by atoms with Crippen LogP contribution < -0.4 is 10.9 Å². The van der Waals surface area contributed by atoms with Crippen LogP contribution in [0.15, 0.2) is 46.6 Å². The molecule has 4 aromatic rings. The number of aromatic nitrogens is 3. The van der Waals surface area contributed by atoms with E-state index in [-0.39, 0.29) is 11.6 Å². The van der Waals surface area contributed by atoms with E-state index in [0.29, 0.717) is 54.1 Å². The molecule has 4 heterocycles. The van der Waals surface area contributed by atoms with Crippen LogP contribution in [0.25, 0.3) is 14.8 Å². The van der Waals surface area contributed by atoms with E-state index >= 15 is 0 Å². The fourth-order valence-corrected chi connectivity index (χ4v) is 5.69. The highest BCUT2D eigenvalue weighted by Crippen LogP contribution is 2.28. The smallest absolute Gasteiger partial charge is 0.321 e. The Kier molecular flexibility index (Phi) is 6.15. The lowest BCUT2D eigenvalue weighted by Gasteiger charge is -2.34. The minimum absolute atomic E-state index is 0.163. The van der Waals surface area contributed by atoms with Gasteiger partial charge in [0.25, 0.3) is 5.56 Å². The molecule has 1 saturated heterocycles. The van der Waals surface area contributed by atoms with Crippen LogP contribution in [0.5, 0.6) is 0 Å². The number of rotatable bonds is 4. The summed E-state index contributed by atoms with van der Waals surface area (Å²) in [7, 11) is 0. The number of halogens is 1. The summed E-state index contributed by atoms with van der Waals surface area (Å²) in [5, 5.41) is 10.6. The first-order chi connectivity index (χ1) is 16.0. The van der Waals surface area contributed by atoms with Gasteiger partial charge in [0.2, 0.25) is 4.96 Å². The molecule has 5 rings (SSSR count). The second-order valence-corrected chi connectivity index (χ2v) is 10.2. The summed E-state index contributed by atoms with van der Waals surface area (Å²) in [6.45, 7) is 5.06. The van der Waals surface area contributed by atoms with Crippen LogP contribution >= 0.6 is 34.3 Å². The molecule has 170 valence electrons. The molecule has 2 amide bonds. The summed E-state index contributed by atoms with van der Waals surface area (Å²) in [5.74, 6) is 0. The van der Waals surface area contributed by atoms with E-state index in [0.717, 1.165) is 15.4 Å². The highest BCUT2D eigenvalue weighted by molar-refractivity contribution is 7.23. The van der Waals surface area contributed by atoms with Crippen LogP contribution in [0.2, 0.25) is 5.02 Å². The summed E-state index contributed by atoms with van der Waals surface area (Å²) >= 11 is 9.23. The normalized spacial score (nSPS) is 14.7. The molecule has 1 aliphatic heterocycles. The monoisotopic (exact) mass is 500 g/mol. The number of hydrogen-bond acceptors (Lipinski definition) is 7. The van der Waals surface area contributed by atoms with Crippen LogP contribution in [0.1, 0.15) is 11.3 Å². The number of anilines is 1. The highest BCUT2D eigenvalue weighted by Gasteiger charge is 2.22. The zero-order valence-electron chi connectivity index (χ0n) is 17.8. The van der Waals surface area contributed by atoms with Crippen LogP contribution in [0.4, 0.5) is 10.5 Å². The average molecular weight is 501 g/mol. The lowest BCUT2D eigenvalue weighted by atomic mass is 10.2. The number of piperazine rings is 1. The SMILES string of the molecule is Cc1ccc(NC(=O)N2CCN(Cc3cc(=O)n4nc(-c5cccs5)sc4n3)CC2)c(Cl)c1. The topological polar surface area (TPSA) is 82.8 Å². The Balaban J connectivity index is 1.22. The molecule has 1 aliphatic rings. The fraction of sp³-hybridized carbons (Fsp3) is 0.273. The Morgan fingerprint density at radius 2 is 2.00 bits per heavy atom. The number of nitrogens with zero attached hydrogens (tertiary/aromatic N) is 5. The van der Waals surface area contributed by atoms with Gasteiger partial charge in [0.15, 0.2) is 5.01 Å². The summed E-state index contributed by atoms with van der Waals surface area (Å²) in [5.41, 5.74) is 2.19. The van der Waals surface area contributed by atoms with Crippen molar-refractivity contribution >= 4 is 51.0 Å². The zero-order valence-corrected chi connectivity index (χ0v) is 20.2. The first kappa shape index (κ1) is 22.0. The number of nitrogens with one attached hydrogen (secondary N) is 1. The summed E-state index contributed by atoms with van der Waals surface area (Å²) in [6, 6.07) is 10.9. The van der Waals surface area contributed by atoms with Crippen molar-refractivity contribution in [3.05, 3.63) is 68.4 Å². The molecule has 1 aromatic carbocycles. The minimum atomic E-state index is -0.179. The first-order valence-corrected chi connectivity index (χ1v) is 12.5. The molecule has 0 atom stereocenters. The Morgan fingerprint density at radius 3 is 2.73 bits per heavy atom. The molecule has 0 saturated carbocycles. The maximum absolute atomic E-state index is 12.6. The van der Waals surface area contributed by atoms with E-state index in [1.165, 1.54) is 15.9 Å². The van der Waals surface area contributed by atoms with E-state index in [9.17, 15) is 9.59 Å². The van der Waals surface area contributed by atoms with Gasteiger partial charge in [0, 0.05) is 38.8 Å². The zero-order chi connectivity index (χ0) is 22.9. The molecule has 3 aromatic heterocycles. The molecule has 0 aliphatic carbocycles. The predicted octanol–water partition coefficient (Wildman–Crippen LogP) is 4.19. The second-order valence-electron chi connectivity index (χ2n) is 7.84. The number of benzene rings is 1. The Labute approximate surface area is 203 Å². The van der Waals surface area contributed by atoms with Gasteiger partial charge in [-0.3, -0.25) is 9.69 Å². The number of aryl methyl sites for hydroxylation is 1. The quantitative estimate of drug-likeness (QED) is 0.454. The third-order valence-corrected chi connectivity index (χ3v) is 7.70. The summed E-state index contributed by atoms with van der Waals surface area (Å²) < 4.78 is 1.36. The maximum Gasteiger partial charge on any atom is 0.321 e. The minimum Gasteiger partial charge on any atom is -0.322 e. The van der Waals surface area contributed by atoms with Crippen LogP contribution in [-0.4, -0.2) is 56.6 Å². The molecule has 0 radical (unpaired) electrons. The van der Waals surface area contributed by atoms with Crippen LogP contribution in [-0.2, 0) is 6.54 Å². The van der Waals surface area contributed by atoms with Gasteiger partial charge in [-0.05, 0) is 36.1 Å². The number of fused-ring (bicyclic) bond motifs is 1. The number of carbonyl (C=O) groups excluding carboxylic acids is 1. The molecular formula is C22H21ClN6O2S2. The third kappa shape index (κ3) is 4.79. The lowest BCUT2D eigenvalue weighted by Crippen LogP contribution is -2.49. The van der Waals surface area contributed by atoms with Gasteiger partial charge in [-0.1, -0.05) is 35.1 Å². The summed E-state index contributed by atoms with van der Waals surface area (Å²) in [6.07, 6.45) is 0. The van der Waals surface area contributed by atoms with Crippen molar-refractivity contribution in [2.75, 3.05) is 31.5 Å². The van der Waals surface area contributed by atoms with Gasteiger partial charge in [-0.15, -0.1) is 11.3 Å². The Morgan fingerprint density at radius 1 is 1.18 bits per heavy atom. The molecule has 1 fully saturated rings. The van der Waals surface area contributed by atoms with Crippen molar-refractivity contribution in [1.82, 2.24) is 24.4 Å². The highest BCUT2D eigenvalue weighted by atomic mass is 35.5. The van der Waals surface area contributed by atoms with Crippen molar-refractivity contribution in [2.45, 2.75) is 13.5 Å². The lowest BCUT2D eigenvalue weighted by molar-refractivity contribution is 0.142. The second kappa shape index (κ2) is 9.22. The standard InChI is InChI=1S/C22H21ClN6O2S2/c1-14-4-5-17(16(23)11-14)25-21(31)28-8-6-27(7-9-28)13-15-12-19(30)29-22(24-15)33-20(26-29)18-3-2-10-32-18/h2-5,10-12H,6-9,13H2,1H3,(H,25,31). The van der Waals surface area contributed by atoms with Gasteiger partial charge >= 0.3 is 6.03 Å². The van der Waals surface area contributed by atoms with Crippen molar-refractivity contribution < 1.29 is 4.79 Å². The molecule has 33 heavy (non-hydrogen) atoms. The molecule has 8 nitrogen and oxygen atoms in total. The molecule has 0 spiro atoms. The molecule has 0 unspecified atom stereocenters. The van der Waals surface area contributed by atoms with Crippen molar-refractivity contribution in [2.24, 2.45) is 0 Å². The number of amides is 2. The summed E-state index contributed by atoms with van der Waals surface area (Å²) in [4.78, 5) is 35.4. The fourth-order valence-electron chi connectivity index (χ4n) is 3.69. The van der Waals surface area contributed by atoms with Crippen LogP contribution in [0.3, 0.4) is 0 Å². The molecule has 11 heteroatoms. The van der Waals surface area contributed by atoms with Gasteiger partial charge in [0.1, 0.15) is 0 Å². The van der Waals surface area contributed by atoms with Gasteiger partial charge in [-0.2, -0.15) is 9.61 Å². The number of urea groups is 1. The third-order valence-electron chi connectivity index (χ3n) is 5.44. The average Bonchev–Trinajstić information content (AvgIpc) is 3.46. The molecule has 1 N–H and O–H groups in total. The number of carbonyl (C=O) groups is 1. The first-order valence-electron chi connectivity index (χ1n) is 10.4. The molecule has 0 bridgehead atoms. The Bertz CT molecular complexity index is 1360. The van der Waals surface area contributed by atoms with E-state index < -0.39 is 0 Å². The number of thiophene rings is 1. The van der Waals surface area contributed by atoms with Crippen LogP contribution in [0, 0.1) is 6.92 Å².